The molecule has 0 bridgehead atoms. The first-order valence-corrected chi connectivity index (χ1v) is 8.11. The molecule has 0 aliphatic carbocycles. The van der Waals surface area contributed by atoms with E-state index in [2.05, 4.69) is 13.8 Å². The lowest BCUT2D eigenvalue weighted by Gasteiger charge is -1.98. The molecule has 0 unspecified atom stereocenters. The summed E-state index contributed by atoms with van der Waals surface area (Å²) in [6.45, 7) is 4.55. The Kier molecular flexibility index (Phi) is 12.7. The van der Waals surface area contributed by atoms with Crippen molar-refractivity contribution in [1.82, 2.24) is 0 Å². The third-order valence-corrected chi connectivity index (χ3v) is 4.86. The van der Waals surface area contributed by atoms with Crippen molar-refractivity contribution in [2.45, 2.75) is 52.4 Å². The molecule has 0 nitrogen and oxygen atoms in total. The van der Waals surface area contributed by atoms with Crippen LogP contribution in [-0.2, 0) is 0 Å². The van der Waals surface area contributed by atoms with Crippen molar-refractivity contribution in [2.75, 3.05) is 12.3 Å². The maximum absolute atomic E-state index is 2.28. The minimum atomic E-state index is 1.36. The minimum absolute atomic E-state index is 1.36. The average molecular weight is 204 g/mol. The third-order valence-electron chi connectivity index (χ3n) is 1.82. The third kappa shape index (κ3) is 10.9. The van der Waals surface area contributed by atoms with Gasteiger partial charge < -0.3 is 0 Å². The Hall–Kier alpha value is 0.860. The van der Waals surface area contributed by atoms with E-state index in [1.807, 2.05) is 0 Å². The van der Waals surface area contributed by atoms with E-state index in [4.69, 9.17) is 0 Å². The average Bonchev–Trinajstić information content (AvgIpc) is 2.10. The highest BCUT2D eigenvalue weighted by Crippen LogP contribution is 2.37. The van der Waals surface area contributed by atoms with Gasteiger partial charge >= 0.3 is 0 Å². The highest BCUT2D eigenvalue weighted by Gasteiger charge is 1.91. The molecule has 2 radical (unpaired) electrons. The molecular formula is C10H22P2. The summed E-state index contributed by atoms with van der Waals surface area (Å²) in [5.74, 6) is 0. The maximum Gasteiger partial charge on any atom is -0.0242 e. The highest BCUT2D eigenvalue weighted by molar-refractivity contribution is 8.11. The van der Waals surface area contributed by atoms with E-state index in [9.17, 15) is 0 Å². The van der Waals surface area contributed by atoms with Gasteiger partial charge in [-0.2, -0.15) is 0 Å². The van der Waals surface area contributed by atoms with Crippen molar-refractivity contribution in [3.05, 3.63) is 0 Å². The normalized spacial score (nSPS) is 12.5. The lowest BCUT2D eigenvalue weighted by Crippen LogP contribution is -1.77. The topological polar surface area (TPSA) is 0 Å². The molecule has 2 heteroatoms. The zero-order valence-corrected chi connectivity index (χ0v) is 10.3. The van der Waals surface area contributed by atoms with Crippen LogP contribution in [0.25, 0.3) is 0 Å². The first-order valence-electron chi connectivity index (χ1n) is 5.25. The van der Waals surface area contributed by atoms with Crippen LogP contribution in [-0.4, -0.2) is 12.3 Å². The summed E-state index contributed by atoms with van der Waals surface area (Å²) < 4.78 is 0. The molecule has 0 rings (SSSR count). The summed E-state index contributed by atoms with van der Waals surface area (Å²) in [5.41, 5.74) is 0. The van der Waals surface area contributed by atoms with Crippen molar-refractivity contribution in [3.63, 3.8) is 0 Å². The molecule has 0 saturated carbocycles. The fraction of sp³-hybridized carbons (Fsp3) is 1.00. The number of rotatable bonds is 9. The Morgan fingerprint density at radius 1 is 0.667 bits per heavy atom. The Morgan fingerprint density at radius 2 is 1.25 bits per heavy atom. The van der Waals surface area contributed by atoms with Crippen LogP contribution in [0.15, 0.2) is 0 Å². The van der Waals surface area contributed by atoms with Gasteiger partial charge in [0, 0.05) is 0 Å². The van der Waals surface area contributed by atoms with Gasteiger partial charge in [0.15, 0.2) is 0 Å². The van der Waals surface area contributed by atoms with Crippen molar-refractivity contribution < 1.29 is 0 Å². The van der Waals surface area contributed by atoms with Gasteiger partial charge in [0.25, 0.3) is 0 Å². The van der Waals surface area contributed by atoms with E-state index in [0.717, 1.165) is 0 Å². The van der Waals surface area contributed by atoms with Crippen LogP contribution in [0.2, 0.25) is 0 Å². The van der Waals surface area contributed by atoms with Gasteiger partial charge in [-0.25, -0.2) is 0 Å². The minimum Gasteiger partial charge on any atom is -0.0654 e. The second-order valence-corrected chi connectivity index (χ2v) is 6.30. The van der Waals surface area contributed by atoms with Crippen molar-refractivity contribution in [3.8, 4) is 0 Å². The molecule has 0 aliphatic heterocycles. The van der Waals surface area contributed by atoms with Crippen LogP contribution in [0.1, 0.15) is 52.4 Å². The molecule has 0 aromatic carbocycles. The quantitative estimate of drug-likeness (QED) is 0.359. The Morgan fingerprint density at radius 3 is 1.83 bits per heavy atom. The molecule has 0 N–H and O–H groups in total. The van der Waals surface area contributed by atoms with Crippen LogP contribution in [0, 0.1) is 0 Å². The van der Waals surface area contributed by atoms with E-state index >= 15 is 0 Å². The van der Waals surface area contributed by atoms with Gasteiger partial charge in [-0.1, -0.05) is 39.5 Å². The van der Waals surface area contributed by atoms with Crippen LogP contribution >= 0.6 is 16.5 Å². The molecular weight excluding hydrogens is 182 g/mol. The van der Waals surface area contributed by atoms with Gasteiger partial charge in [0.1, 0.15) is 0 Å². The van der Waals surface area contributed by atoms with E-state index in [0.29, 0.717) is 0 Å². The van der Waals surface area contributed by atoms with Gasteiger partial charge in [-0.05, 0) is 41.7 Å². The maximum atomic E-state index is 2.28. The molecule has 0 atom stereocenters. The zero-order chi connectivity index (χ0) is 9.07. The van der Waals surface area contributed by atoms with E-state index in [-0.39, 0.29) is 0 Å². The summed E-state index contributed by atoms with van der Waals surface area (Å²) in [7, 11) is 3.34. The molecule has 0 aromatic heterocycles. The lowest BCUT2D eigenvalue weighted by molar-refractivity contribution is 0.706. The molecule has 0 spiro atoms. The largest absolute Gasteiger partial charge is 0.0654 e. The standard InChI is InChI=1S/C10H22P2/c1-3-5-7-8-10-12-11-9-6-4-2/h3-10H2,1-2H3. The van der Waals surface area contributed by atoms with E-state index in [1.165, 1.54) is 50.8 Å². The van der Waals surface area contributed by atoms with Gasteiger partial charge in [-0.15, -0.1) is 0 Å². The summed E-state index contributed by atoms with van der Waals surface area (Å²) in [5, 5.41) is 0. The fourth-order valence-electron chi connectivity index (χ4n) is 0.980. The van der Waals surface area contributed by atoms with Crippen LogP contribution in [0.5, 0.6) is 0 Å². The lowest BCUT2D eigenvalue weighted by atomic mass is 10.2. The monoisotopic (exact) mass is 204 g/mol. The first kappa shape index (κ1) is 12.9. The molecule has 0 aromatic rings. The summed E-state index contributed by atoms with van der Waals surface area (Å²) in [6.07, 6.45) is 11.3. The van der Waals surface area contributed by atoms with Crippen molar-refractivity contribution in [1.29, 1.82) is 0 Å². The fourth-order valence-corrected chi connectivity index (χ4v) is 3.78. The second-order valence-electron chi connectivity index (χ2n) is 3.14. The number of hydrogen-bond donors (Lipinski definition) is 0. The Bertz CT molecular complexity index is 64.2. The van der Waals surface area contributed by atoms with Crippen LogP contribution < -0.4 is 0 Å². The predicted octanol–water partition coefficient (Wildman–Crippen LogP) is 5.17. The SMILES string of the molecule is CCCCCC[P][P]CCCC. The van der Waals surface area contributed by atoms with Crippen molar-refractivity contribution >= 4 is 16.5 Å². The Balaban J connectivity index is 2.73. The highest BCUT2D eigenvalue weighted by atomic mass is 32.0. The van der Waals surface area contributed by atoms with Crippen molar-refractivity contribution in [2.24, 2.45) is 0 Å². The number of hydrogen-bond acceptors (Lipinski definition) is 0. The molecule has 0 heterocycles. The van der Waals surface area contributed by atoms with Gasteiger partial charge in [0.2, 0.25) is 0 Å². The Labute approximate surface area is 81.7 Å². The van der Waals surface area contributed by atoms with E-state index < -0.39 is 0 Å². The molecule has 0 amide bonds. The molecule has 0 aliphatic rings. The van der Waals surface area contributed by atoms with Crippen LogP contribution in [0.3, 0.4) is 0 Å². The van der Waals surface area contributed by atoms with E-state index in [1.54, 1.807) is 16.5 Å². The first-order chi connectivity index (χ1) is 5.91. The zero-order valence-electron chi connectivity index (χ0n) is 8.55. The summed E-state index contributed by atoms with van der Waals surface area (Å²) in [6, 6.07) is 0. The van der Waals surface area contributed by atoms with Gasteiger partial charge in [-0.3, -0.25) is 0 Å². The molecule has 0 saturated heterocycles. The molecule has 72 valence electrons. The molecule has 12 heavy (non-hydrogen) atoms. The summed E-state index contributed by atoms with van der Waals surface area (Å²) in [4.78, 5) is 0. The molecule has 0 fully saturated rings. The number of unbranched alkanes of at least 4 members (excludes halogenated alkanes) is 4. The predicted molar refractivity (Wildman–Crippen MR) is 62.6 cm³/mol. The van der Waals surface area contributed by atoms with Gasteiger partial charge in [0.05, 0.1) is 0 Å². The second kappa shape index (κ2) is 11.9. The summed E-state index contributed by atoms with van der Waals surface area (Å²) >= 11 is 0. The smallest absolute Gasteiger partial charge is 0.0242 e. The van der Waals surface area contributed by atoms with Crippen LogP contribution in [0.4, 0.5) is 0 Å².